The molecule has 1 amide bonds. The van der Waals surface area contributed by atoms with Crippen LogP contribution in [0.2, 0.25) is 0 Å². The second-order valence-corrected chi connectivity index (χ2v) is 12.0. The van der Waals surface area contributed by atoms with Crippen molar-refractivity contribution in [3.63, 3.8) is 0 Å². The average molecular weight is 629 g/mol. The van der Waals surface area contributed by atoms with Crippen molar-refractivity contribution in [2.75, 3.05) is 53.1 Å². The van der Waals surface area contributed by atoms with Crippen LogP contribution in [0.25, 0.3) is 5.76 Å². The molecule has 0 aromatic heterocycles. The molecule has 0 radical (unpaired) electrons. The molecular formula is C37H44N2O7. The van der Waals surface area contributed by atoms with Crippen LogP contribution in [-0.4, -0.2) is 79.7 Å². The summed E-state index contributed by atoms with van der Waals surface area (Å²) in [7, 11) is 1.56. The third-order valence-electron chi connectivity index (χ3n) is 8.35. The van der Waals surface area contributed by atoms with Crippen molar-refractivity contribution in [3.8, 4) is 17.2 Å². The number of likely N-dealkylation sites (tertiary alicyclic amines) is 1. The fraction of sp³-hybridized carbons (Fsp3) is 0.405. The number of ketones is 1. The molecule has 5 rings (SSSR count). The Morgan fingerprint density at radius 2 is 1.67 bits per heavy atom. The number of rotatable bonds is 14. The first-order valence-electron chi connectivity index (χ1n) is 16.0. The molecule has 1 atom stereocenters. The number of nitrogens with zero attached hydrogens (tertiary/aromatic N) is 2. The van der Waals surface area contributed by atoms with Gasteiger partial charge in [-0.25, -0.2) is 0 Å². The van der Waals surface area contributed by atoms with Gasteiger partial charge >= 0.3 is 0 Å². The molecule has 9 heteroatoms. The smallest absolute Gasteiger partial charge is 0.295 e. The number of amides is 1. The van der Waals surface area contributed by atoms with E-state index in [2.05, 4.69) is 18.7 Å². The van der Waals surface area contributed by atoms with E-state index >= 15 is 0 Å². The number of hydrogen-bond donors (Lipinski definition) is 1. The third kappa shape index (κ3) is 8.08. The Kier molecular flexibility index (Phi) is 11.3. The Balaban J connectivity index is 1.43. The van der Waals surface area contributed by atoms with Crippen LogP contribution in [0.5, 0.6) is 17.2 Å². The number of aliphatic hydroxyl groups is 1. The molecule has 3 aromatic carbocycles. The molecule has 1 unspecified atom stereocenters. The summed E-state index contributed by atoms with van der Waals surface area (Å²) in [5.74, 6) is 0.625. The lowest BCUT2D eigenvalue weighted by molar-refractivity contribution is -0.140. The molecular weight excluding hydrogens is 584 g/mol. The van der Waals surface area contributed by atoms with E-state index < -0.39 is 17.7 Å². The zero-order chi connectivity index (χ0) is 32.5. The quantitative estimate of drug-likeness (QED) is 0.135. The average Bonchev–Trinajstić information content (AvgIpc) is 3.33. The minimum atomic E-state index is -0.794. The number of Topliss-reactive ketones (excluding diaryl/α,β-unsaturated/α-hetero) is 1. The van der Waals surface area contributed by atoms with E-state index in [-0.39, 0.29) is 11.3 Å². The van der Waals surface area contributed by atoms with Gasteiger partial charge in [-0.05, 0) is 66.3 Å². The van der Waals surface area contributed by atoms with Gasteiger partial charge in [0.05, 0.1) is 38.5 Å². The van der Waals surface area contributed by atoms with Gasteiger partial charge in [0.25, 0.3) is 11.7 Å². The highest BCUT2D eigenvalue weighted by Gasteiger charge is 2.46. The van der Waals surface area contributed by atoms with E-state index in [9.17, 15) is 14.7 Å². The molecule has 3 aromatic rings. The lowest BCUT2D eigenvalue weighted by Crippen LogP contribution is -2.39. The maximum atomic E-state index is 13.6. The molecule has 2 saturated heterocycles. The molecule has 0 saturated carbocycles. The Morgan fingerprint density at radius 1 is 0.935 bits per heavy atom. The van der Waals surface area contributed by atoms with Crippen molar-refractivity contribution in [2.24, 2.45) is 5.92 Å². The van der Waals surface area contributed by atoms with Gasteiger partial charge in [0.2, 0.25) is 0 Å². The summed E-state index contributed by atoms with van der Waals surface area (Å²) in [5.41, 5.74) is 2.16. The topological polar surface area (TPSA) is 97.8 Å². The highest BCUT2D eigenvalue weighted by atomic mass is 16.5. The molecule has 2 aliphatic rings. The number of benzene rings is 3. The van der Waals surface area contributed by atoms with Crippen molar-refractivity contribution in [2.45, 2.75) is 39.3 Å². The molecule has 1 N–H and O–H groups in total. The summed E-state index contributed by atoms with van der Waals surface area (Å²) in [4.78, 5) is 31.0. The number of ether oxygens (including phenoxy) is 4. The Labute approximate surface area is 271 Å². The molecule has 2 aliphatic heterocycles. The van der Waals surface area contributed by atoms with Crippen LogP contribution < -0.4 is 14.2 Å². The Bertz CT molecular complexity index is 1500. The van der Waals surface area contributed by atoms with Gasteiger partial charge in [0, 0.05) is 31.7 Å². The lowest BCUT2D eigenvalue weighted by atomic mass is 9.95. The second-order valence-electron chi connectivity index (χ2n) is 12.0. The normalized spacial score (nSPS) is 18.3. The maximum absolute atomic E-state index is 13.6. The zero-order valence-corrected chi connectivity index (χ0v) is 26.9. The van der Waals surface area contributed by atoms with Crippen LogP contribution in [0, 0.1) is 5.92 Å². The SMILES string of the molecule is COc1cc(C2C(=C(O)c3ccc(OCc4ccccc4)cc3)C(=O)C(=O)N2CCCN2CCOCC2)ccc1OCCC(C)C. The standard InChI is InChI=1S/C37H44N2O7/c1-26(2)16-21-45-31-15-12-29(24-32(31)43-3)34-33(36(41)37(42)39(34)18-7-17-38-19-22-44-23-20-38)35(40)28-10-13-30(14-11-28)46-25-27-8-5-4-6-9-27/h4-6,8-15,24,26,34,40H,7,16-23,25H2,1-3H3. The number of methoxy groups -OCH3 is 1. The van der Waals surface area contributed by atoms with Crippen molar-refractivity contribution in [1.29, 1.82) is 0 Å². The van der Waals surface area contributed by atoms with E-state index in [4.69, 9.17) is 18.9 Å². The number of morpholine rings is 1. The Morgan fingerprint density at radius 3 is 2.37 bits per heavy atom. The van der Waals surface area contributed by atoms with Crippen LogP contribution >= 0.6 is 0 Å². The van der Waals surface area contributed by atoms with Gasteiger partial charge < -0.3 is 29.0 Å². The lowest BCUT2D eigenvalue weighted by Gasteiger charge is -2.29. The van der Waals surface area contributed by atoms with E-state index in [0.717, 1.165) is 31.6 Å². The van der Waals surface area contributed by atoms with Crippen molar-refractivity contribution >= 4 is 17.4 Å². The minimum absolute atomic E-state index is 0.0462. The fourth-order valence-electron chi connectivity index (χ4n) is 5.73. The molecule has 0 spiro atoms. The second kappa shape index (κ2) is 15.8. The molecule has 9 nitrogen and oxygen atoms in total. The number of carbonyl (C=O) groups is 2. The number of hydrogen-bond acceptors (Lipinski definition) is 8. The van der Waals surface area contributed by atoms with Gasteiger partial charge in [0.15, 0.2) is 11.5 Å². The molecule has 2 heterocycles. The summed E-state index contributed by atoms with van der Waals surface area (Å²) < 4.78 is 23.0. The van der Waals surface area contributed by atoms with E-state index in [0.29, 0.717) is 73.7 Å². The maximum Gasteiger partial charge on any atom is 0.295 e. The fourth-order valence-corrected chi connectivity index (χ4v) is 5.73. The van der Waals surface area contributed by atoms with Crippen LogP contribution in [0.3, 0.4) is 0 Å². The number of carbonyl (C=O) groups excluding carboxylic acids is 2. The third-order valence-corrected chi connectivity index (χ3v) is 8.35. The molecule has 2 fully saturated rings. The van der Waals surface area contributed by atoms with Gasteiger partial charge in [-0.2, -0.15) is 0 Å². The first-order chi connectivity index (χ1) is 22.4. The van der Waals surface area contributed by atoms with Gasteiger partial charge in [0.1, 0.15) is 18.1 Å². The Hall–Kier alpha value is -4.34. The summed E-state index contributed by atoms with van der Waals surface area (Å²) >= 11 is 0. The van der Waals surface area contributed by atoms with Crippen molar-refractivity contribution < 1.29 is 33.6 Å². The van der Waals surface area contributed by atoms with Crippen LogP contribution in [-0.2, 0) is 20.9 Å². The van der Waals surface area contributed by atoms with E-state index in [1.165, 1.54) is 0 Å². The predicted molar refractivity (Wildman–Crippen MR) is 176 cm³/mol. The van der Waals surface area contributed by atoms with Crippen LogP contribution in [0.15, 0.2) is 78.4 Å². The number of aliphatic hydroxyl groups excluding tert-OH is 1. The summed E-state index contributed by atoms with van der Waals surface area (Å²) in [5, 5.41) is 11.6. The first kappa shape index (κ1) is 33.0. The van der Waals surface area contributed by atoms with Gasteiger partial charge in [-0.1, -0.05) is 50.2 Å². The molecule has 0 bridgehead atoms. The van der Waals surface area contributed by atoms with Crippen LogP contribution in [0.1, 0.15) is 49.4 Å². The van der Waals surface area contributed by atoms with Crippen LogP contribution in [0.4, 0.5) is 0 Å². The van der Waals surface area contributed by atoms with Gasteiger partial charge in [-0.15, -0.1) is 0 Å². The predicted octanol–water partition coefficient (Wildman–Crippen LogP) is 5.84. The van der Waals surface area contributed by atoms with Crippen molar-refractivity contribution in [1.82, 2.24) is 9.80 Å². The van der Waals surface area contributed by atoms with E-state index in [1.54, 1.807) is 48.4 Å². The zero-order valence-electron chi connectivity index (χ0n) is 26.9. The molecule has 244 valence electrons. The monoisotopic (exact) mass is 628 g/mol. The van der Waals surface area contributed by atoms with Crippen molar-refractivity contribution in [3.05, 3.63) is 95.1 Å². The summed E-state index contributed by atoms with van der Waals surface area (Å²) in [6.45, 7) is 9.39. The summed E-state index contributed by atoms with van der Waals surface area (Å²) in [6, 6.07) is 21.4. The highest BCUT2D eigenvalue weighted by molar-refractivity contribution is 6.46. The molecule has 0 aliphatic carbocycles. The minimum Gasteiger partial charge on any atom is -0.507 e. The highest BCUT2D eigenvalue weighted by Crippen LogP contribution is 2.42. The van der Waals surface area contributed by atoms with Gasteiger partial charge in [-0.3, -0.25) is 14.5 Å². The largest absolute Gasteiger partial charge is 0.507 e. The molecule has 46 heavy (non-hydrogen) atoms. The summed E-state index contributed by atoms with van der Waals surface area (Å²) in [6.07, 6.45) is 1.56. The first-order valence-corrected chi connectivity index (χ1v) is 16.0. The van der Waals surface area contributed by atoms with E-state index in [1.807, 2.05) is 36.4 Å².